The second-order valence-corrected chi connectivity index (χ2v) is 5.43. The molecule has 1 amide bonds. The van der Waals surface area contributed by atoms with Crippen LogP contribution in [0.2, 0.25) is 0 Å². The maximum atomic E-state index is 11.3. The number of rotatable bonds is 8. The van der Waals surface area contributed by atoms with E-state index >= 15 is 0 Å². The number of anilines is 1. The maximum Gasteiger partial charge on any atom is 0.263 e. The molecule has 0 unspecified atom stereocenters. The molecule has 0 aliphatic carbocycles. The topological polar surface area (TPSA) is 69.7 Å². The van der Waals surface area contributed by atoms with Gasteiger partial charge in [-0.3, -0.25) is 4.79 Å². The Morgan fingerprint density at radius 2 is 1.92 bits per heavy atom. The van der Waals surface area contributed by atoms with Crippen LogP contribution in [0.3, 0.4) is 0 Å². The van der Waals surface area contributed by atoms with E-state index in [1.165, 1.54) is 5.56 Å². The summed E-state index contributed by atoms with van der Waals surface area (Å²) in [5.41, 5.74) is 1.18. The molecule has 1 N–H and O–H groups in total. The van der Waals surface area contributed by atoms with Crippen LogP contribution in [0.1, 0.15) is 18.4 Å². The van der Waals surface area contributed by atoms with Crippen LogP contribution in [0.4, 0.5) is 5.82 Å². The fraction of sp³-hybridized carbons (Fsp3) is 0.333. The standard InChI is InChI=1S/C18H20N2O4/c21-16-13-24-15-8-9-17(20-18(15)19-16)23-11-5-4-10-22-12-14-6-2-1-3-7-14/h1-3,6-9H,4-5,10-13H2,(H,19,20,21). The molecule has 1 aromatic carbocycles. The SMILES string of the molecule is O=C1COc2ccc(OCCCCOCc3ccccc3)nc2N1. The highest BCUT2D eigenvalue weighted by molar-refractivity contribution is 5.94. The van der Waals surface area contributed by atoms with Crippen molar-refractivity contribution in [2.24, 2.45) is 0 Å². The molecule has 1 aliphatic heterocycles. The molecular weight excluding hydrogens is 308 g/mol. The number of fused-ring (bicyclic) bond motifs is 1. The monoisotopic (exact) mass is 328 g/mol. The molecule has 0 fully saturated rings. The van der Waals surface area contributed by atoms with Gasteiger partial charge in [0.2, 0.25) is 5.88 Å². The van der Waals surface area contributed by atoms with Gasteiger partial charge in [-0.1, -0.05) is 30.3 Å². The van der Waals surface area contributed by atoms with Crippen molar-refractivity contribution < 1.29 is 19.0 Å². The zero-order valence-electron chi connectivity index (χ0n) is 13.4. The van der Waals surface area contributed by atoms with Gasteiger partial charge >= 0.3 is 0 Å². The summed E-state index contributed by atoms with van der Waals surface area (Å²) in [6, 6.07) is 13.6. The Bertz CT molecular complexity index is 676. The summed E-state index contributed by atoms with van der Waals surface area (Å²) in [6.07, 6.45) is 1.79. The Hall–Kier alpha value is -2.60. The van der Waals surface area contributed by atoms with E-state index in [0.29, 0.717) is 37.3 Å². The highest BCUT2D eigenvalue weighted by Gasteiger charge is 2.17. The third kappa shape index (κ3) is 4.70. The van der Waals surface area contributed by atoms with Gasteiger partial charge in [0, 0.05) is 12.7 Å². The van der Waals surface area contributed by atoms with Crippen molar-refractivity contribution in [2.75, 3.05) is 25.1 Å². The Morgan fingerprint density at radius 1 is 1.08 bits per heavy atom. The van der Waals surface area contributed by atoms with Crippen LogP contribution in [-0.2, 0) is 16.1 Å². The number of aromatic nitrogens is 1. The van der Waals surface area contributed by atoms with Crippen molar-refractivity contribution in [3.05, 3.63) is 48.0 Å². The zero-order chi connectivity index (χ0) is 16.6. The van der Waals surface area contributed by atoms with Gasteiger partial charge < -0.3 is 19.5 Å². The van der Waals surface area contributed by atoms with E-state index in [1.807, 2.05) is 30.3 Å². The van der Waals surface area contributed by atoms with Crippen molar-refractivity contribution in [3.63, 3.8) is 0 Å². The summed E-state index contributed by atoms with van der Waals surface area (Å²) in [5.74, 6) is 1.25. The number of benzene rings is 1. The number of amides is 1. The summed E-state index contributed by atoms with van der Waals surface area (Å²) >= 11 is 0. The van der Waals surface area contributed by atoms with Gasteiger partial charge in [0.25, 0.3) is 5.91 Å². The van der Waals surface area contributed by atoms with Crippen LogP contribution in [-0.4, -0.2) is 30.7 Å². The van der Waals surface area contributed by atoms with Gasteiger partial charge in [0.05, 0.1) is 13.2 Å². The molecule has 6 heteroatoms. The number of nitrogens with one attached hydrogen (secondary N) is 1. The molecule has 0 radical (unpaired) electrons. The second-order valence-electron chi connectivity index (χ2n) is 5.43. The van der Waals surface area contributed by atoms with E-state index in [2.05, 4.69) is 10.3 Å². The molecule has 0 bridgehead atoms. The van der Waals surface area contributed by atoms with Crippen molar-refractivity contribution in [1.82, 2.24) is 4.98 Å². The summed E-state index contributed by atoms with van der Waals surface area (Å²) < 4.78 is 16.5. The average molecular weight is 328 g/mol. The van der Waals surface area contributed by atoms with Gasteiger partial charge in [-0.15, -0.1) is 0 Å². The van der Waals surface area contributed by atoms with Crippen molar-refractivity contribution in [1.29, 1.82) is 0 Å². The van der Waals surface area contributed by atoms with Gasteiger partial charge in [-0.25, -0.2) is 0 Å². The Balaban J connectivity index is 1.32. The van der Waals surface area contributed by atoms with Crippen molar-refractivity contribution in [2.45, 2.75) is 19.4 Å². The van der Waals surface area contributed by atoms with E-state index < -0.39 is 0 Å². The number of nitrogens with zero attached hydrogens (tertiary/aromatic N) is 1. The molecule has 2 heterocycles. The maximum absolute atomic E-state index is 11.3. The van der Waals surface area contributed by atoms with Crippen molar-refractivity contribution in [3.8, 4) is 11.6 Å². The molecule has 1 aliphatic rings. The lowest BCUT2D eigenvalue weighted by Gasteiger charge is -2.17. The van der Waals surface area contributed by atoms with Crippen LogP contribution >= 0.6 is 0 Å². The second kappa shape index (κ2) is 8.31. The van der Waals surface area contributed by atoms with E-state index in [1.54, 1.807) is 12.1 Å². The first-order valence-electron chi connectivity index (χ1n) is 7.99. The largest absolute Gasteiger partial charge is 0.480 e. The number of ether oxygens (including phenoxy) is 3. The number of hydrogen-bond acceptors (Lipinski definition) is 5. The Kier molecular flexibility index (Phi) is 5.63. The number of carbonyl (C=O) groups excluding carboxylic acids is 1. The first-order chi connectivity index (χ1) is 11.8. The first kappa shape index (κ1) is 16.3. The van der Waals surface area contributed by atoms with Crippen LogP contribution in [0.5, 0.6) is 11.6 Å². The highest BCUT2D eigenvalue weighted by Crippen LogP contribution is 2.27. The minimum Gasteiger partial charge on any atom is -0.480 e. The van der Waals surface area contributed by atoms with E-state index in [9.17, 15) is 4.79 Å². The number of unbranched alkanes of at least 4 members (excludes halogenated alkanes) is 1. The van der Waals surface area contributed by atoms with Crippen molar-refractivity contribution >= 4 is 11.7 Å². The van der Waals surface area contributed by atoms with E-state index in [0.717, 1.165) is 12.8 Å². The minimum absolute atomic E-state index is 0.0257. The predicted molar refractivity (Wildman–Crippen MR) is 89.2 cm³/mol. The van der Waals surface area contributed by atoms with Crippen LogP contribution in [0.25, 0.3) is 0 Å². The summed E-state index contributed by atoms with van der Waals surface area (Å²) in [5, 5.41) is 2.66. The summed E-state index contributed by atoms with van der Waals surface area (Å²) in [6.45, 7) is 1.90. The third-order valence-corrected chi connectivity index (χ3v) is 3.49. The third-order valence-electron chi connectivity index (χ3n) is 3.49. The first-order valence-corrected chi connectivity index (χ1v) is 7.99. The lowest BCUT2D eigenvalue weighted by Crippen LogP contribution is -2.26. The van der Waals surface area contributed by atoms with Crippen LogP contribution < -0.4 is 14.8 Å². The van der Waals surface area contributed by atoms with Gasteiger partial charge in [-0.2, -0.15) is 4.98 Å². The highest BCUT2D eigenvalue weighted by atomic mass is 16.5. The van der Waals surface area contributed by atoms with Gasteiger partial charge in [0.15, 0.2) is 18.2 Å². The molecule has 0 spiro atoms. The van der Waals surface area contributed by atoms with E-state index in [-0.39, 0.29) is 12.5 Å². The molecule has 24 heavy (non-hydrogen) atoms. The van der Waals surface area contributed by atoms with Crippen LogP contribution in [0.15, 0.2) is 42.5 Å². The number of carbonyl (C=O) groups is 1. The van der Waals surface area contributed by atoms with E-state index in [4.69, 9.17) is 14.2 Å². The normalized spacial score (nSPS) is 12.9. The van der Waals surface area contributed by atoms with Crippen LogP contribution in [0, 0.1) is 0 Å². The summed E-state index contributed by atoms with van der Waals surface area (Å²) in [4.78, 5) is 15.5. The van der Waals surface area contributed by atoms with Gasteiger partial charge in [-0.05, 0) is 24.5 Å². The summed E-state index contributed by atoms with van der Waals surface area (Å²) in [7, 11) is 0. The molecule has 0 saturated carbocycles. The molecule has 6 nitrogen and oxygen atoms in total. The smallest absolute Gasteiger partial charge is 0.263 e. The minimum atomic E-state index is -0.206. The predicted octanol–water partition coefficient (Wildman–Crippen LogP) is 2.79. The lowest BCUT2D eigenvalue weighted by atomic mass is 10.2. The number of hydrogen-bond donors (Lipinski definition) is 1. The molecule has 126 valence electrons. The molecule has 2 aromatic rings. The molecule has 1 aromatic heterocycles. The molecule has 0 atom stereocenters. The molecule has 3 rings (SSSR count). The lowest BCUT2D eigenvalue weighted by molar-refractivity contribution is -0.118. The van der Waals surface area contributed by atoms with Gasteiger partial charge in [0.1, 0.15) is 0 Å². The zero-order valence-corrected chi connectivity index (χ0v) is 13.4. The number of pyridine rings is 1. The average Bonchev–Trinajstić information content (AvgIpc) is 2.61. The molecule has 0 saturated heterocycles. The Morgan fingerprint density at radius 3 is 2.79 bits per heavy atom. The fourth-order valence-electron chi connectivity index (χ4n) is 2.27. The Labute approximate surface area is 140 Å². The fourth-order valence-corrected chi connectivity index (χ4v) is 2.27. The molecular formula is C18H20N2O4. The quantitative estimate of drug-likeness (QED) is 0.755.